The minimum atomic E-state index is 0.114. The number of aromatic nitrogens is 2. The molecule has 1 unspecified atom stereocenters. The van der Waals surface area contributed by atoms with E-state index in [9.17, 15) is 0 Å². The zero-order valence-corrected chi connectivity index (χ0v) is 8.70. The van der Waals surface area contributed by atoms with Crippen LogP contribution in [-0.4, -0.2) is 28.2 Å². The second-order valence-corrected chi connectivity index (χ2v) is 3.29. The van der Waals surface area contributed by atoms with Gasteiger partial charge in [-0.15, -0.1) is 0 Å². The first kappa shape index (κ1) is 10.9. The van der Waals surface area contributed by atoms with E-state index in [1.54, 1.807) is 6.33 Å². The molecule has 1 heterocycles. The van der Waals surface area contributed by atoms with Crippen molar-refractivity contribution in [1.29, 1.82) is 0 Å². The fourth-order valence-corrected chi connectivity index (χ4v) is 1.13. The predicted octanol–water partition coefficient (Wildman–Crippen LogP) is 1.39. The van der Waals surface area contributed by atoms with E-state index in [1.165, 1.54) is 0 Å². The van der Waals surface area contributed by atoms with E-state index in [1.807, 2.05) is 6.07 Å². The fourth-order valence-electron chi connectivity index (χ4n) is 1.13. The van der Waals surface area contributed by atoms with Crippen molar-refractivity contribution >= 4 is 5.82 Å². The van der Waals surface area contributed by atoms with Crippen LogP contribution in [0.25, 0.3) is 0 Å². The smallest absolute Gasteiger partial charge is 0.129 e. The lowest BCUT2D eigenvalue weighted by atomic mass is 10.1. The highest BCUT2D eigenvalue weighted by Gasteiger charge is 2.05. The maximum absolute atomic E-state index is 8.65. The van der Waals surface area contributed by atoms with E-state index in [0.717, 1.165) is 17.9 Å². The molecule has 0 fully saturated rings. The van der Waals surface area contributed by atoms with Crippen molar-refractivity contribution in [2.24, 2.45) is 0 Å². The molecular formula is C10H17N3O. The van der Waals surface area contributed by atoms with Crippen molar-refractivity contribution in [3.8, 4) is 0 Å². The van der Waals surface area contributed by atoms with E-state index in [-0.39, 0.29) is 6.61 Å². The molecule has 1 atom stereocenters. The number of hydrogen-bond acceptors (Lipinski definition) is 4. The van der Waals surface area contributed by atoms with Crippen LogP contribution in [0.5, 0.6) is 0 Å². The van der Waals surface area contributed by atoms with Gasteiger partial charge in [0.1, 0.15) is 12.1 Å². The number of aliphatic hydroxyl groups excluding tert-OH is 1. The van der Waals surface area contributed by atoms with Crippen molar-refractivity contribution in [2.75, 3.05) is 18.5 Å². The molecule has 0 radical (unpaired) electrons. The second kappa shape index (κ2) is 5.54. The van der Waals surface area contributed by atoms with Crippen molar-refractivity contribution < 1.29 is 5.11 Å². The highest BCUT2D eigenvalue weighted by atomic mass is 16.3. The molecule has 1 aromatic heterocycles. The average molecular weight is 195 g/mol. The monoisotopic (exact) mass is 195 g/mol. The Morgan fingerprint density at radius 3 is 2.93 bits per heavy atom. The van der Waals surface area contributed by atoms with Gasteiger partial charge in [0, 0.05) is 18.3 Å². The molecule has 14 heavy (non-hydrogen) atoms. The summed E-state index contributed by atoms with van der Waals surface area (Å²) in [4.78, 5) is 8.26. The summed E-state index contributed by atoms with van der Waals surface area (Å²) in [6.07, 6.45) is 2.62. The molecule has 0 amide bonds. The quantitative estimate of drug-likeness (QED) is 0.745. The van der Waals surface area contributed by atoms with Gasteiger partial charge >= 0.3 is 0 Å². The topological polar surface area (TPSA) is 58.0 Å². The number of rotatable bonds is 5. The molecule has 0 saturated heterocycles. The van der Waals surface area contributed by atoms with Gasteiger partial charge in [0.15, 0.2) is 0 Å². The van der Waals surface area contributed by atoms with E-state index in [4.69, 9.17) is 5.11 Å². The van der Waals surface area contributed by atoms with Crippen LogP contribution in [0.3, 0.4) is 0 Å². The third-order valence-electron chi connectivity index (χ3n) is 2.22. The predicted molar refractivity (Wildman–Crippen MR) is 56.3 cm³/mol. The lowest BCUT2D eigenvalue weighted by Gasteiger charge is -2.09. The summed E-state index contributed by atoms with van der Waals surface area (Å²) in [6, 6.07) is 1.93. The van der Waals surface area contributed by atoms with Crippen LogP contribution in [0, 0.1) is 0 Å². The van der Waals surface area contributed by atoms with Gasteiger partial charge in [0.2, 0.25) is 0 Å². The molecule has 0 aliphatic carbocycles. The minimum absolute atomic E-state index is 0.114. The van der Waals surface area contributed by atoms with Crippen LogP contribution < -0.4 is 5.32 Å². The van der Waals surface area contributed by atoms with Gasteiger partial charge in [-0.05, 0) is 12.3 Å². The van der Waals surface area contributed by atoms with E-state index < -0.39 is 0 Å². The van der Waals surface area contributed by atoms with Crippen molar-refractivity contribution in [3.05, 3.63) is 18.1 Å². The average Bonchev–Trinajstić information content (AvgIpc) is 2.25. The van der Waals surface area contributed by atoms with Gasteiger partial charge in [-0.25, -0.2) is 9.97 Å². The number of nitrogens with zero attached hydrogens (tertiary/aromatic N) is 2. The summed E-state index contributed by atoms with van der Waals surface area (Å²) in [5.74, 6) is 1.23. The Labute approximate surface area is 84.4 Å². The zero-order valence-electron chi connectivity index (χ0n) is 8.70. The third-order valence-corrected chi connectivity index (χ3v) is 2.22. The fraction of sp³-hybridized carbons (Fsp3) is 0.600. The summed E-state index contributed by atoms with van der Waals surface area (Å²) in [5.41, 5.74) is 1.04. The lowest BCUT2D eigenvalue weighted by molar-refractivity contribution is 0.311. The van der Waals surface area contributed by atoms with Crippen LogP contribution in [0.1, 0.15) is 31.9 Å². The first-order valence-electron chi connectivity index (χ1n) is 4.94. The van der Waals surface area contributed by atoms with E-state index in [2.05, 4.69) is 29.1 Å². The highest BCUT2D eigenvalue weighted by Crippen LogP contribution is 2.17. The summed E-state index contributed by atoms with van der Waals surface area (Å²) < 4.78 is 0. The molecular weight excluding hydrogens is 178 g/mol. The van der Waals surface area contributed by atoms with Gasteiger partial charge in [0.25, 0.3) is 0 Å². The summed E-state index contributed by atoms with van der Waals surface area (Å²) >= 11 is 0. The van der Waals surface area contributed by atoms with Crippen LogP contribution in [0.15, 0.2) is 12.4 Å². The molecule has 0 saturated carbocycles. The molecule has 0 spiro atoms. The van der Waals surface area contributed by atoms with Crippen molar-refractivity contribution in [2.45, 2.75) is 26.2 Å². The summed E-state index contributed by atoms with van der Waals surface area (Å²) in [6.45, 7) is 4.91. The standard InChI is InChI=1S/C10H17N3O/c1-3-8(2)9-6-10(11-4-5-14)13-7-12-9/h6-8,14H,3-5H2,1-2H3,(H,11,12,13). The molecule has 0 aliphatic rings. The molecule has 4 heteroatoms. The molecule has 1 rings (SSSR count). The Bertz CT molecular complexity index is 278. The molecule has 4 nitrogen and oxygen atoms in total. The largest absolute Gasteiger partial charge is 0.395 e. The second-order valence-electron chi connectivity index (χ2n) is 3.29. The maximum Gasteiger partial charge on any atom is 0.129 e. The van der Waals surface area contributed by atoms with Crippen LogP contribution >= 0.6 is 0 Å². The first-order chi connectivity index (χ1) is 6.77. The van der Waals surface area contributed by atoms with Crippen LogP contribution in [0.2, 0.25) is 0 Å². The van der Waals surface area contributed by atoms with Gasteiger partial charge < -0.3 is 10.4 Å². The molecule has 1 aromatic rings. The zero-order chi connectivity index (χ0) is 10.4. The Morgan fingerprint density at radius 2 is 2.29 bits per heavy atom. The van der Waals surface area contributed by atoms with Gasteiger partial charge in [-0.1, -0.05) is 13.8 Å². The Morgan fingerprint density at radius 1 is 1.50 bits per heavy atom. The molecule has 0 aliphatic heterocycles. The lowest BCUT2D eigenvalue weighted by Crippen LogP contribution is -2.08. The molecule has 2 N–H and O–H groups in total. The number of anilines is 1. The first-order valence-corrected chi connectivity index (χ1v) is 4.94. The normalized spacial score (nSPS) is 12.5. The van der Waals surface area contributed by atoms with Crippen molar-refractivity contribution in [1.82, 2.24) is 9.97 Å². The SMILES string of the molecule is CCC(C)c1cc(NCCO)ncn1. The minimum Gasteiger partial charge on any atom is -0.395 e. The molecule has 0 bridgehead atoms. The molecule has 78 valence electrons. The maximum atomic E-state index is 8.65. The number of nitrogens with one attached hydrogen (secondary N) is 1. The Kier molecular flexibility index (Phi) is 4.32. The van der Waals surface area contributed by atoms with Crippen LogP contribution in [-0.2, 0) is 0 Å². The Balaban J connectivity index is 2.68. The van der Waals surface area contributed by atoms with E-state index in [0.29, 0.717) is 12.5 Å². The van der Waals surface area contributed by atoms with Gasteiger partial charge in [-0.2, -0.15) is 0 Å². The summed E-state index contributed by atoms with van der Waals surface area (Å²) in [7, 11) is 0. The van der Waals surface area contributed by atoms with Gasteiger partial charge in [0.05, 0.1) is 6.61 Å². The third kappa shape index (κ3) is 2.96. The molecule has 0 aromatic carbocycles. The van der Waals surface area contributed by atoms with Gasteiger partial charge in [-0.3, -0.25) is 0 Å². The number of aliphatic hydroxyl groups is 1. The van der Waals surface area contributed by atoms with Crippen molar-refractivity contribution in [3.63, 3.8) is 0 Å². The Hall–Kier alpha value is -1.16. The van der Waals surface area contributed by atoms with E-state index >= 15 is 0 Å². The highest BCUT2D eigenvalue weighted by molar-refractivity contribution is 5.35. The number of hydrogen-bond donors (Lipinski definition) is 2. The van der Waals surface area contributed by atoms with Crippen LogP contribution in [0.4, 0.5) is 5.82 Å². The summed E-state index contributed by atoms with van der Waals surface area (Å²) in [5, 5.41) is 11.7.